The molecule has 4 nitrogen and oxygen atoms in total. The molecule has 0 radical (unpaired) electrons. The van der Waals surface area contributed by atoms with Crippen molar-refractivity contribution in [2.45, 2.75) is 25.4 Å². The molecule has 1 unspecified atom stereocenters. The molecule has 2 N–H and O–H groups in total. The molecular weight excluding hydrogens is 245 g/mol. The van der Waals surface area contributed by atoms with E-state index in [1.54, 1.807) is 12.1 Å². The molecule has 1 aliphatic rings. The van der Waals surface area contributed by atoms with Gasteiger partial charge in [-0.1, -0.05) is 0 Å². The third kappa shape index (κ3) is 3.04. The van der Waals surface area contributed by atoms with Gasteiger partial charge in [0.05, 0.1) is 5.54 Å². The van der Waals surface area contributed by atoms with Crippen molar-refractivity contribution in [1.82, 2.24) is 10.6 Å². The number of likely N-dealkylation sites (N-methyl/N-ethyl adjacent to an activating group) is 1. The van der Waals surface area contributed by atoms with Gasteiger partial charge in [0, 0.05) is 18.8 Å². The highest BCUT2D eigenvalue weighted by molar-refractivity contribution is 5.87. The van der Waals surface area contributed by atoms with Crippen LogP contribution >= 0.6 is 0 Å². The minimum atomic E-state index is -0.296. The predicted octanol–water partition coefficient (Wildman–Crippen LogP) is 1.13. The number of anilines is 1. The molecule has 1 heterocycles. The summed E-state index contributed by atoms with van der Waals surface area (Å²) in [6, 6.07) is 6.00. The van der Waals surface area contributed by atoms with Crippen molar-refractivity contribution >= 4 is 11.6 Å². The molecule has 0 spiro atoms. The zero-order valence-corrected chi connectivity index (χ0v) is 11.5. The average Bonchev–Trinajstić information content (AvgIpc) is 2.33. The van der Waals surface area contributed by atoms with Crippen LogP contribution in [0.25, 0.3) is 0 Å². The number of hydrogen-bond acceptors (Lipinski definition) is 3. The van der Waals surface area contributed by atoms with E-state index in [-0.39, 0.29) is 23.3 Å². The van der Waals surface area contributed by atoms with Crippen LogP contribution in [0.3, 0.4) is 0 Å². The van der Waals surface area contributed by atoms with Crippen LogP contribution in [0.5, 0.6) is 0 Å². The molecule has 104 valence electrons. The maximum Gasteiger partial charge on any atom is 0.244 e. The van der Waals surface area contributed by atoms with Crippen molar-refractivity contribution in [2.75, 3.05) is 25.0 Å². The summed E-state index contributed by atoms with van der Waals surface area (Å²) in [5.74, 6) is -0.274. The quantitative estimate of drug-likeness (QED) is 0.861. The number of piperazine rings is 1. The van der Waals surface area contributed by atoms with Gasteiger partial charge in [-0.05, 0) is 45.2 Å². The Morgan fingerprint density at radius 2 is 2.05 bits per heavy atom. The van der Waals surface area contributed by atoms with E-state index in [9.17, 15) is 9.18 Å². The van der Waals surface area contributed by atoms with Gasteiger partial charge in [0.15, 0.2) is 0 Å². The highest BCUT2D eigenvalue weighted by Gasteiger charge is 2.38. The molecule has 1 fully saturated rings. The van der Waals surface area contributed by atoms with Crippen molar-refractivity contribution in [3.63, 3.8) is 0 Å². The standard InChI is InChI=1S/C14H20FN3O/c1-14(2)9-18(11-6-4-10(15)5-7-11)12(8-16-3)13(19)17-14/h4-7,12,16H,8-9H2,1-3H3,(H,17,19). The molecule has 1 atom stereocenters. The average molecular weight is 265 g/mol. The Labute approximate surface area is 113 Å². The normalized spacial score (nSPS) is 22.2. The van der Waals surface area contributed by atoms with E-state index in [0.717, 1.165) is 5.69 Å². The molecule has 0 aromatic heterocycles. The summed E-state index contributed by atoms with van der Waals surface area (Å²) in [4.78, 5) is 14.2. The van der Waals surface area contributed by atoms with Crippen molar-refractivity contribution in [3.8, 4) is 0 Å². The Morgan fingerprint density at radius 1 is 1.42 bits per heavy atom. The van der Waals surface area contributed by atoms with Crippen LogP contribution in [0.1, 0.15) is 13.8 Å². The number of amides is 1. The molecule has 0 saturated carbocycles. The van der Waals surface area contributed by atoms with E-state index in [1.165, 1.54) is 12.1 Å². The smallest absolute Gasteiger partial charge is 0.244 e. The number of carbonyl (C=O) groups excluding carboxylic acids is 1. The van der Waals surface area contributed by atoms with Gasteiger partial charge in [0.1, 0.15) is 11.9 Å². The van der Waals surface area contributed by atoms with E-state index in [0.29, 0.717) is 13.1 Å². The summed E-state index contributed by atoms with van der Waals surface area (Å²) in [7, 11) is 1.82. The highest BCUT2D eigenvalue weighted by Crippen LogP contribution is 2.24. The molecule has 1 aromatic rings. The topological polar surface area (TPSA) is 44.4 Å². The zero-order valence-electron chi connectivity index (χ0n) is 11.5. The fraction of sp³-hybridized carbons (Fsp3) is 0.500. The number of benzene rings is 1. The summed E-state index contributed by atoms with van der Waals surface area (Å²) in [5, 5.41) is 6.04. The lowest BCUT2D eigenvalue weighted by Gasteiger charge is -2.44. The van der Waals surface area contributed by atoms with E-state index in [4.69, 9.17) is 0 Å². The SMILES string of the molecule is CNCC1C(=O)NC(C)(C)CN1c1ccc(F)cc1. The number of carbonyl (C=O) groups is 1. The van der Waals surface area contributed by atoms with Crippen molar-refractivity contribution < 1.29 is 9.18 Å². The van der Waals surface area contributed by atoms with Crippen LogP contribution in [-0.2, 0) is 4.79 Å². The Kier molecular flexibility index (Phi) is 3.75. The van der Waals surface area contributed by atoms with E-state index < -0.39 is 0 Å². The zero-order chi connectivity index (χ0) is 14.0. The third-order valence-corrected chi connectivity index (χ3v) is 3.26. The summed E-state index contributed by atoms with van der Waals surface area (Å²) >= 11 is 0. The fourth-order valence-corrected chi connectivity index (χ4v) is 2.43. The van der Waals surface area contributed by atoms with Gasteiger partial charge in [0.25, 0.3) is 0 Å². The molecule has 19 heavy (non-hydrogen) atoms. The largest absolute Gasteiger partial charge is 0.356 e. The second kappa shape index (κ2) is 5.17. The fourth-order valence-electron chi connectivity index (χ4n) is 2.43. The Balaban J connectivity index is 2.31. The van der Waals surface area contributed by atoms with E-state index >= 15 is 0 Å². The highest BCUT2D eigenvalue weighted by atomic mass is 19.1. The first kappa shape index (κ1) is 13.8. The van der Waals surface area contributed by atoms with Gasteiger partial charge in [-0.25, -0.2) is 4.39 Å². The van der Waals surface area contributed by atoms with Gasteiger partial charge in [-0.15, -0.1) is 0 Å². The van der Waals surface area contributed by atoms with Gasteiger partial charge >= 0.3 is 0 Å². The maximum atomic E-state index is 13.0. The Bertz CT molecular complexity index is 458. The van der Waals surface area contributed by atoms with Gasteiger partial charge in [-0.2, -0.15) is 0 Å². The molecule has 1 saturated heterocycles. The maximum absolute atomic E-state index is 13.0. The predicted molar refractivity (Wildman–Crippen MR) is 73.7 cm³/mol. The van der Waals surface area contributed by atoms with E-state index in [2.05, 4.69) is 10.6 Å². The summed E-state index contributed by atoms with van der Waals surface area (Å²) in [5.41, 5.74) is 0.569. The lowest BCUT2D eigenvalue weighted by Crippen LogP contribution is -2.66. The molecule has 0 aliphatic carbocycles. The minimum Gasteiger partial charge on any atom is -0.356 e. The number of halogens is 1. The first-order chi connectivity index (χ1) is 8.93. The lowest BCUT2D eigenvalue weighted by atomic mass is 9.97. The number of nitrogens with zero attached hydrogens (tertiary/aromatic N) is 1. The number of hydrogen-bond donors (Lipinski definition) is 2. The molecule has 1 aliphatic heterocycles. The molecular formula is C14H20FN3O. The third-order valence-electron chi connectivity index (χ3n) is 3.26. The van der Waals surface area contributed by atoms with Gasteiger partial charge in [-0.3, -0.25) is 4.79 Å². The van der Waals surface area contributed by atoms with Crippen LogP contribution in [0.4, 0.5) is 10.1 Å². The number of rotatable bonds is 3. The molecule has 1 aromatic carbocycles. The summed E-state index contributed by atoms with van der Waals surface area (Å²) in [6.07, 6.45) is 0. The second-order valence-corrected chi connectivity index (χ2v) is 5.55. The van der Waals surface area contributed by atoms with Crippen molar-refractivity contribution in [2.24, 2.45) is 0 Å². The first-order valence-corrected chi connectivity index (χ1v) is 6.42. The molecule has 2 rings (SSSR count). The van der Waals surface area contributed by atoms with Crippen LogP contribution in [0.2, 0.25) is 0 Å². The van der Waals surface area contributed by atoms with Gasteiger partial charge < -0.3 is 15.5 Å². The van der Waals surface area contributed by atoms with Crippen LogP contribution in [0.15, 0.2) is 24.3 Å². The molecule has 5 heteroatoms. The summed E-state index contributed by atoms with van der Waals surface area (Å²) in [6.45, 7) is 5.21. The first-order valence-electron chi connectivity index (χ1n) is 6.42. The van der Waals surface area contributed by atoms with E-state index in [1.807, 2.05) is 25.8 Å². The Morgan fingerprint density at radius 3 is 2.63 bits per heavy atom. The monoisotopic (exact) mass is 265 g/mol. The molecule has 0 bridgehead atoms. The second-order valence-electron chi connectivity index (χ2n) is 5.55. The van der Waals surface area contributed by atoms with Crippen LogP contribution < -0.4 is 15.5 Å². The Hall–Kier alpha value is -1.62. The molecule has 1 amide bonds. The van der Waals surface area contributed by atoms with Crippen molar-refractivity contribution in [1.29, 1.82) is 0 Å². The van der Waals surface area contributed by atoms with Crippen LogP contribution in [-0.4, -0.2) is 37.6 Å². The lowest BCUT2D eigenvalue weighted by molar-refractivity contribution is -0.125. The van der Waals surface area contributed by atoms with Crippen LogP contribution in [0, 0.1) is 5.82 Å². The minimum absolute atomic E-state index is 0.00470. The van der Waals surface area contributed by atoms with Gasteiger partial charge in [0.2, 0.25) is 5.91 Å². The number of nitrogens with one attached hydrogen (secondary N) is 2. The summed E-state index contributed by atoms with van der Waals surface area (Å²) < 4.78 is 13.0. The van der Waals surface area contributed by atoms with Crippen molar-refractivity contribution in [3.05, 3.63) is 30.1 Å².